The summed E-state index contributed by atoms with van der Waals surface area (Å²) in [5.74, 6) is -0.274. The standard InChI is InChI=1S/C23H33ClN4O2S/c1-4-16(13-21(29)30)17-10-11-20(19(12-17)25-23-26-22(24)27-31-23)28(14-15(2)3)18-8-6-5-7-9-18/h10-12,15-16,18H,4-9,13-14H2,1-3H3,(H,29,30)(H,25,26,27). The normalized spacial score (nSPS) is 15.8. The van der Waals surface area contributed by atoms with Gasteiger partial charge in [0.25, 0.3) is 0 Å². The van der Waals surface area contributed by atoms with Gasteiger partial charge in [0.15, 0.2) is 0 Å². The lowest BCUT2D eigenvalue weighted by Gasteiger charge is -2.38. The van der Waals surface area contributed by atoms with E-state index < -0.39 is 5.97 Å². The van der Waals surface area contributed by atoms with Crippen LogP contribution in [0.4, 0.5) is 16.5 Å². The van der Waals surface area contributed by atoms with Crippen LogP contribution >= 0.6 is 23.1 Å². The smallest absolute Gasteiger partial charge is 0.303 e. The fourth-order valence-electron chi connectivity index (χ4n) is 4.47. The number of nitrogens with zero attached hydrogens (tertiary/aromatic N) is 3. The second-order valence-electron chi connectivity index (χ2n) is 8.81. The number of benzene rings is 1. The average Bonchev–Trinajstić information content (AvgIpc) is 3.15. The third-order valence-electron chi connectivity index (χ3n) is 5.94. The molecule has 1 aromatic carbocycles. The molecule has 0 aliphatic heterocycles. The molecule has 1 aliphatic carbocycles. The third kappa shape index (κ3) is 6.56. The molecule has 2 aromatic rings. The van der Waals surface area contributed by atoms with Crippen molar-refractivity contribution in [1.82, 2.24) is 9.36 Å². The zero-order valence-corrected chi connectivity index (χ0v) is 20.2. The number of hydrogen-bond acceptors (Lipinski definition) is 6. The molecule has 0 bridgehead atoms. The number of carbonyl (C=O) groups is 1. The Bertz CT molecular complexity index is 867. The Balaban J connectivity index is 2.01. The van der Waals surface area contributed by atoms with Crippen molar-refractivity contribution in [1.29, 1.82) is 0 Å². The van der Waals surface area contributed by atoms with Crippen molar-refractivity contribution in [2.45, 2.75) is 77.7 Å². The van der Waals surface area contributed by atoms with E-state index in [1.54, 1.807) is 0 Å². The number of halogens is 1. The number of aliphatic carboxylic acids is 1. The fourth-order valence-corrected chi connectivity index (χ4v) is 5.19. The number of carboxylic acids is 1. The summed E-state index contributed by atoms with van der Waals surface area (Å²) >= 11 is 7.18. The monoisotopic (exact) mass is 464 g/mol. The van der Waals surface area contributed by atoms with Crippen molar-refractivity contribution in [3.8, 4) is 0 Å². The van der Waals surface area contributed by atoms with Gasteiger partial charge in [0.1, 0.15) is 0 Å². The van der Waals surface area contributed by atoms with E-state index in [1.165, 1.54) is 43.6 Å². The Morgan fingerprint density at radius 1 is 1.32 bits per heavy atom. The molecule has 1 saturated carbocycles. The Labute approximate surface area is 194 Å². The Kier molecular flexibility index (Phi) is 8.55. The maximum Gasteiger partial charge on any atom is 0.303 e. The lowest BCUT2D eigenvalue weighted by atomic mass is 9.90. The van der Waals surface area contributed by atoms with Gasteiger partial charge < -0.3 is 15.3 Å². The first-order valence-electron chi connectivity index (χ1n) is 11.3. The zero-order valence-electron chi connectivity index (χ0n) is 18.6. The summed E-state index contributed by atoms with van der Waals surface area (Å²) in [4.78, 5) is 18.2. The Morgan fingerprint density at radius 2 is 2.06 bits per heavy atom. The molecule has 31 heavy (non-hydrogen) atoms. The number of hydrogen-bond donors (Lipinski definition) is 2. The van der Waals surface area contributed by atoms with Crippen LogP contribution in [-0.4, -0.2) is 33.0 Å². The van der Waals surface area contributed by atoms with Crippen LogP contribution in [0.5, 0.6) is 0 Å². The topological polar surface area (TPSA) is 78.4 Å². The minimum absolute atomic E-state index is 0.0293. The van der Waals surface area contributed by atoms with Crippen molar-refractivity contribution in [3.05, 3.63) is 29.0 Å². The highest BCUT2D eigenvalue weighted by atomic mass is 35.5. The van der Waals surface area contributed by atoms with Crippen LogP contribution in [0.3, 0.4) is 0 Å². The summed E-state index contributed by atoms with van der Waals surface area (Å²) < 4.78 is 4.08. The van der Waals surface area contributed by atoms with Crippen molar-refractivity contribution in [2.75, 3.05) is 16.8 Å². The molecule has 6 nitrogen and oxygen atoms in total. The molecule has 0 radical (unpaired) electrons. The van der Waals surface area contributed by atoms with Crippen LogP contribution < -0.4 is 10.2 Å². The molecule has 3 rings (SSSR count). The SMILES string of the molecule is CCC(CC(=O)O)c1ccc(N(CC(C)C)C2CCCCC2)c(Nc2nc(Cl)ns2)c1. The quantitative estimate of drug-likeness (QED) is 0.407. The van der Waals surface area contributed by atoms with E-state index >= 15 is 0 Å². The second kappa shape index (κ2) is 11.1. The molecule has 0 saturated heterocycles. The van der Waals surface area contributed by atoms with Crippen LogP contribution in [-0.2, 0) is 4.79 Å². The van der Waals surface area contributed by atoms with Crippen molar-refractivity contribution < 1.29 is 9.90 Å². The third-order valence-corrected chi connectivity index (χ3v) is 6.84. The van der Waals surface area contributed by atoms with Gasteiger partial charge in [-0.1, -0.05) is 46.1 Å². The van der Waals surface area contributed by atoms with Gasteiger partial charge in [-0.3, -0.25) is 4.79 Å². The molecule has 0 spiro atoms. The van der Waals surface area contributed by atoms with Gasteiger partial charge in [0, 0.05) is 24.1 Å². The van der Waals surface area contributed by atoms with Crippen LogP contribution in [0.15, 0.2) is 18.2 Å². The van der Waals surface area contributed by atoms with Crippen LogP contribution in [0.25, 0.3) is 0 Å². The molecule has 0 amide bonds. The maximum atomic E-state index is 11.4. The number of aromatic nitrogens is 2. The van der Waals surface area contributed by atoms with Gasteiger partial charge in [-0.2, -0.15) is 9.36 Å². The van der Waals surface area contributed by atoms with Gasteiger partial charge in [0.2, 0.25) is 10.4 Å². The molecule has 1 aliphatic rings. The molecule has 1 aromatic heterocycles. The van der Waals surface area contributed by atoms with E-state index in [2.05, 4.69) is 51.6 Å². The summed E-state index contributed by atoms with van der Waals surface area (Å²) in [5, 5.41) is 13.6. The summed E-state index contributed by atoms with van der Waals surface area (Å²) in [6, 6.07) is 6.86. The molecule has 2 N–H and O–H groups in total. The summed E-state index contributed by atoms with van der Waals surface area (Å²) in [6.07, 6.45) is 7.15. The first-order chi connectivity index (χ1) is 14.9. The zero-order chi connectivity index (χ0) is 22.4. The minimum Gasteiger partial charge on any atom is -0.481 e. The molecule has 8 heteroatoms. The number of nitrogens with one attached hydrogen (secondary N) is 1. The lowest BCUT2D eigenvalue weighted by molar-refractivity contribution is -0.137. The lowest BCUT2D eigenvalue weighted by Crippen LogP contribution is -2.39. The van der Waals surface area contributed by atoms with Crippen molar-refractivity contribution >= 4 is 45.6 Å². The molecule has 1 unspecified atom stereocenters. The van der Waals surface area contributed by atoms with E-state index in [4.69, 9.17) is 11.6 Å². The van der Waals surface area contributed by atoms with Crippen molar-refractivity contribution in [3.63, 3.8) is 0 Å². The largest absolute Gasteiger partial charge is 0.481 e. The van der Waals surface area contributed by atoms with Crippen molar-refractivity contribution in [2.24, 2.45) is 5.92 Å². The molecule has 1 fully saturated rings. The van der Waals surface area contributed by atoms with Gasteiger partial charge in [0.05, 0.1) is 17.8 Å². The highest BCUT2D eigenvalue weighted by molar-refractivity contribution is 7.10. The number of anilines is 3. The van der Waals surface area contributed by atoms with Gasteiger partial charge >= 0.3 is 5.97 Å². The summed E-state index contributed by atoms with van der Waals surface area (Å²) in [5.41, 5.74) is 3.11. The van der Waals surface area contributed by atoms with Gasteiger partial charge in [-0.15, -0.1) is 0 Å². The van der Waals surface area contributed by atoms with E-state index in [0.717, 1.165) is 29.9 Å². The van der Waals surface area contributed by atoms with E-state index in [0.29, 0.717) is 17.1 Å². The summed E-state index contributed by atoms with van der Waals surface area (Å²) in [6.45, 7) is 7.51. The average molecular weight is 465 g/mol. The highest BCUT2D eigenvalue weighted by Gasteiger charge is 2.25. The van der Waals surface area contributed by atoms with E-state index in [-0.39, 0.29) is 17.6 Å². The van der Waals surface area contributed by atoms with E-state index in [9.17, 15) is 9.90 Å². The highest BCUT2D eigenvalue weighted by Crippen LogP contribution is 2.38. The molecule has 170 valence electrons. The fraction of sp³-hybridized carbons (Fsp3) is 0.609. The maximum absolute atomic E-state index is 11.4. The Hall–Kier alpha value is -1.86. The van der Waals surface area contributed by atoms with E-state index in [1.807, 2.05) is 6.92 Å². The van der Waals surface area contributed by atoms with Gasteiger partial charge in [-0.25, -0.2) is 0 Å². The first-order valence-corrected chi connectivity index (χ1v) is 12.4. The molecular weight excluding hydrogens is 432 g/mol. The molecular formula is C23H33ClN4O2S. The Morgan fingerprint density at radius 3 is 2.65 bits per heavy atom. The second-order valence-corrected chi connectivity index (χ2v) is 9.90. The van der Waals surface area contributed by atoms with Crippen LogP contribution in [0.2, 0.25) is 5.28 Å². The molecule has 1 heterocycles. The molecule has 1 atom stereocenters. The first kappa shape index (κ1) is 23.8. The predicted molar refractivity (Wildman–Crippen MR) is 129 cm³/mol. The number of carboxylic acid groups (broad SMARTS) is 1. The minimum atomic E-state index is -0.773. The summed E-state index contributed by atoms with van der Waals surface area (Å²) in [7, 11) is 0. The predicted octanol–water partition coefficient (Wildman–Crippen LogP) is 6.70. The van der Waals surface area contributed by atoms with Crippen LogP contribution in [0, 0.1) is 5.92 Å². The van der Waals surface area contributed by atoms with Gasteiger partial charge in [-0.05, 0) is 60.4 Å². The van der Waals surface area contributed by atoms with Crippen LogP contribution in [0.1, 0.15) is 77.2 Å². The number of rotatable bonds is 10.